The quantitative estimate of drug-likeness (QED) is 0.611. The van der Waals surface area contributed by atoms with Crippen molar-refractivity contribution in [3.05, 3.63) is 78.9 Å². The van der Waals surface area contributed by atoms with Gasteiger partial charge in [0.15, 0.2) is 0 Å². The summed E-state index contributed by atoms with van der Waals surface area (Å²) in [4.78, 5) is 34.8. The molecule has 8 heteroatoms. The van der Waals surface area contributed by atoms with Crippen molar-refractivity contribution in [2.45, 2.75) is 20.4 Å². The Morgan fingerprint density at radius 3 is 2.04 bits per heavy atom. The third-order valence-electron chi connectivity index (χ3n) is 4.01. The molecule has 0 spiro atoms. The minimum Gasteiger partial charge on any atom is -0.337 e. The normalized spacial score (nSPS) is 10.4. The van der Waals surface area contributed by atoms with Crippen LogP contribution in [0.2, 0.25) is 0 Å². The van der Waals surface area contributed by atoms with Crippen molar-refractivity contribution in [3.63, 3.8) is 0 Å². The first-order valence-electron chi connectivity index (χ1n) is 7.45. The molecule has 8 nitrogen and oxygen atoms in total. The van der Waals surface area contributed by atoms with Crippen molar-refractivity contribution in [2.24, 2.45) is 0 Å². The third kappa shape index (κ3) is 3.79. The highest BCUT2D eigenvalue weighted by Crippen LogP contribution is 2.30. The molecule has 0 aliphatic carbocycles. The zero-order valence-corrected chi connectivity index (χ0v) is 14.1. The molecule has 0 saturated heterocycles. The fourth-order valence-electron chi connectivity index (χ4n) is 2.52. The minimum atomic E-state index is -0.722. The average Bonchev–Trinajstić information content (AvgIpc) is 2.55. The number of nitro benzene ring substituents is 2. The summed E-state index contributed by atoms with van der Waals surface area (Å²) in [5, 5.41) is 22.3. The van der Waals surface area contributed by atoms with E-state index in [4.69, 9.17) is 0 Å². The van der Waals surface area contributed by atoms with Gasteiger partial charge in [0.1, 0.15) is 5.56 Å². The van der Waals surface area contributed by atoms with Crippen LogP contribution in [-0.4, -0.2) is 27.7 Å². The van der Waals surface area contributed by atoms with Gasteiger partial charge in [-0.05, 0) is 25.0 Å². The summed E-state index contributed by atoms with van der Waals surface area (Å²) in [5.74, 6) is -0.519. The van der Waals surface area contributed by atoms with Crippen LogP contribution in [0, 0.1) is 34.1 Å². The molecule has 130 valence electrons. The zero-order valence-electron chi connectivity index (χ0n) is 14.1. The predicted octanol–water partition coefficient (Wildman–Crippen LogP) is 3.39. The number of aryl methyl sites for hydroxylation is 1. The van der Waals surface area contributed by atoms with Gasteiger partial charge < -0.3 is 4.90 Å². The molecule has 0 fully saturated rings. The summed E-state index contributed by atoms with van der Waals surface area (Å²) in [7, 11) is 1.55. The van der Waals surface area contributed by atoms with E-state index in [0.717, 1.165) is 23.3 Å². The lowest BCUT2D eigenvalue weighted by Gasteiger charge is -2.18. The molecule has 0 N–H and O–H groups in total. The van der Waals surface area contributed by atoms with Crippen molar-refractivity contribution < 1.29 is 14.6 Å². The van der Waals surface area contributed by atoms with Gasteiger partial charge in [-0.2, -0.15) is 0 Å². The Bertz CT molecular complexity index is 828. The van der Waals surface area contributed by atoms with Crippen LogP contribution in [0.25, 0.3) is 0 Å². The summed E-state index contributed by atoms with van der Waals surface area (Å²) in [6, 6.07) is 9.68. The van der Waals surface area contributed by atoms with E-state index in [1.807, 2.05) is 31.2 Å². The maximum atomic E-state index is 12.6. The molecular weight excluding hydrogens is 326 g/mol. The number of hydrogen-bond acceptors (Lipinski definition) is 5. The van der Waals surface area contributed by atoms with Gasteiger partial charge in [0.2, 0.25) is 0 Å². The lowest BCUT2D eigenvalue weighted by molar-refractivity contribution is -0.395. The van der Waals surface area contributed by atoms with E-state index >= 15 is 0 Å². The van der Waals surface area contributed by atoms with Crippen molar-refractivity contribution in [2.75, 3.05) is 7.05 Å². The van der Waals surface area contributed by atoms with Gasteiger partial charge in [0.25, 0.3) is 17.3 Å². The van der Waals surface area contributed by atoms with Crippen molar-refractivity contribution in [1.29, 1.82) is 0 Å². The highest BCUT2D eigenvalue weighted by atomic mass is 16.6. The predicted molar refractivity (Wildman–Crippen MR) is 91.5 cm³/mol. The summed E-state index contributed by atoms with van der Waals surface area (Å²) in [5.41, 5.74) is 0.884. The number of nitro groups is 2. The number of amides is 1. The van der Waals surface area contributed by atoms with E-state index in [9.17, 15) is 25.0 Å². The molecule has 0 bridgehead atoms. The highest BCUT2D eigenvalue weighted by Gasteiger charge is 2.26. The van der Waals surface area contributed by atoms with Gasteiger partial charge in [-0.1, -0.05) is 24.3 Å². The van der Waals surface area contributed by atoms with Gasteiger partial charge in [-0.3, -0.25) is 25.0 Å². The fourth-order valence-corrected chi connectivity index (χ4v) is 2.52. The molecule has 2 aromatic carbocycles. The van der Waals surface area contributed by atoms with Crippen LogP contribution in [0.15, 0.2) is 36.4 Å². The van der Waals surface area contributed by atoms with Crippen LogP contribution < -0.4 is 0 Å². The molecule has 1 amide bonds. The molecule has 0 unspecified atom stereocenters. The zero-order chi connectivity index (χ0) is 18.7. The Balaban J connectivity index is 2.40. The van der Waals surface area contributed by atoms with Crippen molar-refractivity contribution in [3.8, 4) is 0 Å². The Kier molecular flexibility index (Phi) is 5.11. The summed E-state index contributed by atoms with van der Waals surface area (Å²) in [6.07, 6.45) is 0. The second-order valence-electron chi connectivity index (χ2n) is 5.74. The maximum Gasteiger partial charge on any atom is 0.279 e. The van der Waals surface area contributed by atoms with Crippen molar-refractivity contribution in [1.82, 2.24) is 4.90 Å². The standard InChI is InChI=1S/C17H17N3O5/c1-11-6-4-5-7-13(11)10-18(3)17(21)14-8-15(19(22)23)12(2)16(9-14)20(24)25/h4-9H,10H2,1-3H3. The Labute approximate surface area is 144 Å². The largest absolute Gasteiger partial charge is 0.337 e. The number of nitrogens with zero attached hydrogens (tertiary/aromatic N) is 3. The molecule has 0 radical (unpaired) electrons. The number of benzene rings is 2. The smallest absolute Gasteiger partial charge is 0.279 e. The molecule has 0 aromatic heterocycles. The summed E-state index contributed by atoms with van der Waals surface area (Å²) >= 11 is 0. The molecule has 0 heterocycles. The van der Waals surface area contributed by atoms with Gasteiger partial charge in [0.05, 0.1) is 15.4 Å². The lowest BCUT2D eigenvalue weighted by atomic mass is 10.1. The maximum absolute atomic E-state index is 12.6. The first-order chi connectivity index (χ1) is 11.7. The number of hydrogen-bond donors (Lipinski definition) is 0. The number of carbonyl (C=O) groups is 1. The van der Waals surface area contributed by atoms with Gasteiger partial charge in [-0.15, -0.1) is 0 Å². The molecule has 2 rings (SSSR count). The third-order valence-corrected chi connectivity index (χ3v) is 4.01. The van der Waals surface area contributed by atoms with Crippen LogP contribution in [0.4, 0.5) is 11.4 Å². The monoisotopic (exact) mass is 343 g/mol. The van der Waals surface area contributed by atoms with E-state index in [1.165, 1.54) is 11.8 Å². The second-order valence-corrected chi connectivity index (χ2v) is 5.74. The van der Waals surface area contributed by atoms with Crippen LogP contribution in [-0.2, 0) is 6.54 Å². The summed E-state index contributed by atoms with van der Waals surface area (Å²) in [6.45, 7) is 3.50. The first kappa shape index (κ1) is 18.1. The van der Waals surface area contributed by atoms with E-state index in [-0.39, 0.29) is 11.1 Å². The van der Waals surface area contributed by atoms with E-state index in [1.54, 1.807) is 7.05 Å². The van der Waals surface area contributed by atoms with Gasteiger partial charge in [-0.25, -0.2) is 0 Å². The molecule has 0 saturated carbocycles. The highest BCUT2D eigenvalue weighted by molar-refractivity contribution is 5.95. The Hall–Kier alpha value is -3.29. The van der Waals surface area contributed by atoms with Crippen LogP contribution in [0.5, 0.6) is 0 Å². The minimum absolute atomic E-state index is 0.0758. The molecule has 0 atom stereocenters. The molecule has 25 heavy (non-hydrogen) atoms. The van der Waals surface area contributed by atoms with Gasteiger partial charge >= 0.3 is 0 Å². The molecule has 0 aliphatic rings. The van der Waals surface area contributed by atoms with E-state index in [2.05, 4.69) is 0 Å². The number of carbonyl (C=O) groups excluding carboxylic acids is 1. The second kappa shape index (κ2) is 7.08. The SMILES string of the molecule is Cc1ccccc1CN(C)C(=O)c1cc([N+](=O)[O-])c(C)c([N+](=O)[O-])c1. The van der Waals surface area contributed by atoms with Crippen LogP contribution in [0.1, 0.15) is 27.0 Å². The van der Waals surface area contributed by atoms with Crippen LogP contribution >= 0.6 is 0 Å². The Morgan fingerprint density at radius 1 is 1.04 bits per heavy atom. The lowest BCUT2D eigenvalue weighted by Crippen LogP contribution is -2.26. The fraction of sp³-hybridized carbons (Fsp3) is 0.235. The molecular formula is C17H17N3O5. The van der Waals surface area contributed by atoms with Crippen LogP contribution in [0.3, 0.4) is 0 Å². The van der Waals surface area contributed by atoms with E-state index < -0.39 is 27.1 Å². The molecule has 2 aromatic rings. The topological polar surface area (TPSA) is 107 Å². The molecule has 0 aliphatic heterocycles. The Morgan fingerprint density at radius 2 is 1.56 bits per heavy atom. The summed E-state index contributed by atoms with van der Waals surface area (Å²) < 4.78 is 0. The number of rotatable bonds is 5. The first-order valence-corrected chi connectivity index (χ1v) is 7.45. The van der Waals surface area contributed by atoms with Crippen molar-refractivity contribution >= 4 is 17.3 Å². The average molecular weight is 343 g/mol. The van der Waals surface area contributed by atoms with Gasteiger partial charge in [0, 0.05) is 25.7 Å². The van der Waals surface area contributed by atoms with E-state index in [0.29, 0.717) is 6.54 Å².